The Kier molecular flexibility index (Phi) is 5.82. The first-order valence-corrected chi connectivity index (χ1v) is 9.54. The monoisotopic (exact) mass is 423 g/mol. The molecule has 0 spiro atoms. The zero-order valence-electron chi connectivity index (χ0n) is 16.7. The highest BCUT2D eigenvalue weighted by atomic mass is 15.1. The van der Waals surface area contributed by atoms with Crippen molar-refractivity contribution >= 4 is 17.7 Å². The van der Waals surface area contributed by atoms with Gasteiger partial charge in [0.1, 0.15) is 17.5 Å². The summed E-state index contributed by atoms with van der Waals surface area (Å²) in [7, 11) is 0. The normalized spacial score (nSPS) is 10.2. The molecular weight excluding hydrogens is 406 g/mol. The summed E-state index contributed by atoms with van der Waals surface area (Å²) in [6.07, 6.45) is 6.38. The molecule has 32 heavy (non-hydrogen) atoms. The standard InChI is InChI=1S/C21H17N11/c22-7-13-1-3-14(4-2-13)18-16(17-11-25-12-30-17)10-29-20(31-18)26-5-6-27-21-28-9-15(8-23)19(24)32-21/h1-4,9-12H,5-6H2,(H,25,30)(H,26,29,31)(H3,24,27,28,32). The van der Waals surface area contributed by atoms with Crippen molar-refractivity contribution in [1.29, 1.82) is 10.5 Å². The van der Waals surface area contributed by atoms with Gasteiger partial charge in [0.25, 0.3) is 0 Å². The van der Waals surface area contributed by atoms with E-state index in [0.29, 0.717) is 36.2 Å². The number of nitrogens with zero attached hydrogens (tertiary/aromatic N) is 7. The maximum atomic E-state index is 9.06. The lowest BCUT2D eigenvalue weighted by Crippen LogP contribution is -2.17. The minimum absolute atomic E-state index is 0.128. The number of aromatic amines is 1. The Morgan fingerprint density at radius 1 is 0.906 bits per heavy atom. The first-order valence-electron chi connectivity index (χ1n) is 9.54. The highest BCUT2D eigenvalue weighted by Gasteiger charge is 2.13. The lowest BCUT2D eigenvalue weighted by molar-refractivity contribution is 0.999. The number of anilines is 3. The first-order chi connectivity index (χ1) is 15.7. The predicted octanol–water partition coefficient (Wildman–Crippen LogP) is 2.17. The summed E-state index contributed by atoms with van der Waals surface area (Å²) < 4.78 is 0. The van der Waals surface area contributed by atoms with Crippen LogP contribution in [-0.4, -0.2) is 43.0 Å². The fourth-order valence-corrected chi connectivity index (χ4v) is 2.90. The smallest absolute Gasteiger partial charge is 0.224 e. The van der Waals surface area contributed by atoms with Crippen molar-refractivity contribution in [3.8, 4) is 34.7 Å². The van der Waals surface area contributed by atoms with Crippen LogP contribution in [0.15, 0.2) is 49.2 Å². The molecule has 4 aromatic rings. The molecule has 4 rings (SSSR count). The van der Waals surface area contributed by atoms with E-state index in [1.165, 1.54) is 6.20 Å². The number of hydrogen-bond acceptors (Lipinski definition) is 10. The molecule has 0 aliphatic heterocycles. The molecule has 156 valence electrons. The van der Waals surface area contributed by atoms with Gasteiger partial charge in [-0.1, -0.05) is 12.1 Å². The second-order valence-electron chi connectivity index (χ2n) is 6.57. The zero-order chi connectivity index (χ0) is 22.3. The Balaban J connectivity index is 1.49. The molecule has 3 aromatic heterocycles. The summed E-state index contributed by atoms with van der Waals surface area (Å²) in [6, 6.07) is 11.2. The van der Waals surface area contributed by atoms with Gasteiger partial charge in [-0.3, -0.25) is 0 Å². The number of imidazole rings is 1. The van der Waals surface area contributed by atoms with E-state index in [1.807, 2.05) is 18.2 Å². The van der Waals surface area contributed by atoms with Crippen molar-refractivity contribution in [1.82, 2.24) is 29.9 Å². The Bertz CT molecular complexity index is 1300. The SMILES string of the molecule is N#Cc1ccc(-c2nc(NCCNc3ncc(C#N)c(N)n3)ncc2-c2cnc[nH]2)cc1. The van der Waals surface area contributed by atoms with E-state index in [9.17, 15) is 0 Å². The first kappa shape index (κ1) is 20.3. The Labute approximate surface area is 183 Å². The van der Waals surface area contributed by atoms with Crippen molar-refractivity contribution in [2.75, 3.05) is 29.5 Å². The number of nitrogens with one attached hydrogen (secondary N) is 3. The highest BCUT2D eigenvalue weighted by Crippen LogP contribution is 2.29. The van der Waals surface area contributed by atoms with Gasteiger partial charge in [-0.05, 0) is 12.1 Å². The molecule has 5 N–H and O–H groups in total. The third-order valence-corrected chi connectivity index (χ3v) is 4.49. The van der Waals surface area contributed by atoms with Crippen molar-refractivity contribution in [3.63, 3.8) is 0 Å². The van der Waals surface area contributed by atoms with Crippen LogP contribution >= 0.6 is 0 Å². The van der Waals surface area contributed by atoms with E-state index in [-0.39, 0.29) is 11.4 Å². The molecular formula is C21H17N11. The van der Waals surface area contributed by atoms with Crippen LogP contribution in [0.1, 0.15) is 11.1 Å². The predicted molar refractivity (Wildman–Crippen MR) is 118 cm³/mol. The topological polar surface area (TPSA) is 178 Å². The molecule has 0 saturated carbocycles. The average Bonchev–Trinajstić information content (AvgIpc) is 3.37. The van der Waals surface area contributed by atoms with Gasteiger partial charge in [0.15, 0.2) is 0 Å². The minimum Gasteiger partial charge on any atom is -0.382 e. The van der Waals surface area contributed by atoms with Gasteiger partial charge in [0.05, 0.1) is 41.7 Å². The van der Waals surface area contributed by atoms with Crippen molar-refractivity contribution in [2.45, 2.75) is 0 Å². The summed E-state index contributed by atoms with van der Waals surface area (Å²) in [5.74, 6) is 0.898. The molecule has 0 fully saturated rings. The zero-order valence-corrected chi connectivity index (χ0v) is 16.7. The van der Waals surface area contributed by atoms with Crippen LogP contribution in [0.3, 0.4) is 0 Å². The van der Waals surface area contributed by atoms with Crippen LogP contribution in [0.2, 0.25) is 0 Å². The number of rotatable bonds is 7. The highest BCUT2D eigenvalue weighted by molar-refractivity contribution is 5.79. The van der Waals surface area contributed by atoms with Gasteiger partial charge in [0.2, 0.25) is 11.9 Å². The molecule has 0 aliphatic carbocycles. The quantitative estimate of drug-likeness (QED) is 0.322. The summed E-state index contributed by atoms with van der Waals surface area (Å²) in [6.45, 7) is 0.961. The van der Waals surface area contributed by atoms with Crippen LogP contribution in [-0.2, 0) is 0 Å². The van der Waals surface area contributed by atoms with Crippen LogP contribution in [0.4, 0.5) is 17.7 Å². The maximum absolute atomic E-state index is 9.06. The van der Waals surface area contributed by atoms with Gasteiger partial charge in [-0.25, -0.2) is 19.9 Å². The van der Waals surface area contributed by atoms with E-state index in [4.69, 9.17) is 16.3 Å². The van der Waals surface area contributed by atoms with Crippen molar-refractivity contribution in [3.05, 3.63) is 60.3 Å². The lowest BCUT2D eigenvalue weighted by Gasteiger charge is -2.11. The van der Waals surface area contributed by atoms with Crippen LogP contribution in [0, 0.1) is 22.7 Å². The molecule has 11 heteroatoms. The van der Waals surface area contributed by atoms with E-state index in [2.05, 4.69) is 46.6 Å². The summed E-state index contributed by atoms with van der Waals surface area (Å²) in [5, 5.41) is 24.1. The molecule has 0 unspecified atom stereocenters. The van der Waals surface area contributed by atoms with Gasteiger partial charge >= 0.3 is 0 Å². The van der Waals surface area contributed by atoms with Crippen LogP contribution in [0.25, 0.3) is 22.5 Å². The van der Waals surface area contributed by atoms with E-state index >= 15 is 0 Å². The van der Waals surface area contributed by atoms with Gasteiger partial charge < -0.3 is 21.4 Å². The second-order valence-corrected chi connectivity index (χ2v) is 6.57. The fraction of sp³-hybridized carbons (Fsp3) is 0.0952. The van der Waals surface area contributed by atoms with Crippen LogP contribution in [0.5, 0.6) is 0 Å². The van der Waals surface area contributed by atoms with E-state index in [1.54, 1.807) is 30.9 Å². The number of aromatic nitrogens is 6. The fourth-order valence-electron chi connectivity index (χ4n) is 2.90. The number of nitriles is 2. The number of benzene rings is 1. The molecule has 3 heterocycles. The summed E-state index contributed by atoms with van der Waals surface area (Å²) in [4.78, 5) is 24.3. The largest absolute Gasteiger partial charge is 0.382 e. The van der Waals surface area contributed by atoms with Gasteiger partial charge in [0, 0.05) is 30.4 Å². The molecule has 0 bridgehead atoms. The number of nitrogen functional groups attached to an aromatic ring is 1. The van der Waals surface area contributed by atoms with E-state index in [0.717, 1.165) is 16.8 Å². The number of hydrogen-bond donors (Lipinski definition) is 4. The Morgan fingerprint density at radius 3 is 2.25 bits per heavy atom. The molecule has 0 radical (unpaired) electrons. The lowest BCUT2D eigenvalue weighted by atomic mass is 10.0. The third kappa shape index (κ3) is 4.42. The van der Waals surface area contributed by atoms with Crippen molar-refractivity contribution in [2.24, 2.45) is 0 Å². The minimum atomic E-state index is 0.128. The van der Waals surface area contributed by atoms with E-state index < -0.39 is 0 Å². The Morgan fingerprint density at radius 2 is 1.62 bits per heavy atom. The maximum Gasteiger partial charge on any atom is 0.224 e. The third-order valence-electron chi connectivity index (χ3n) is 4.49. The molecule has 0 saturated heterocycles. The second kappa shape index (κ2) is 9.19. The Hall–Kier alpha value is -5.03. The van der Waals surface area contributed by atoms with Gasteiger partial charge in [-0.2, -0.15) is 15.5 Å². The average molecular weight is 423 g/mol. The molecule has 1 aromatic carbocycles. The molecule has 0 aliphatic rings. The molecule has 11 nitrogen and oxygen atoms in total. The summed E-state index contributed by atoms with van der Waals surface area (Å²) >= 11 is 0. The summed E-state index contributed by atoms with van der Waals surface area (Å²) in [5.41, 5.74) is 9.62. The van der Waals surface area contributed by atoms with Crippen LogP contribution < -0.4 is 16.4 Å². The van der Waals surface area contributed by atoms with Crippen molar-refractivity contribution < 1.29 is 0 Å². The number of nitrogens with two attached hydrogens (primary N) is 1. The number of H-pyrrole nitrogens is 1. The molecule has 0 amide bonds. The molecule has 0 atom stereocenters. The van der Waals surface area contributed by atoms with Gasteiger partial charge in [-0.15, -0.1) is 0 Å².